The molecule has 1 aliphatic rings. The molecule has 1 saturated heterocycles. The number of aromatic carboxylic acids is 1. The zero-order valence-electron chi connectivity index (χ0n) is 11.6. The number of phenols is 1. The largest absolute Gasteiger partial charge is 0.507 e. The van der Waals surface area contributed by atoms with Gasteiger partial charge in [-0.3, -0.25) is 9.69 Å². The maximum absolute atomic E-state index is 11.9. The van der Waals surface area contributed by atoms with E-state index in [1.165, 1.54) is 18.2 Å². The Balaban J connectivity index is 1.93. The topological polar surface area (TPSA) is 116 Å². The van der Waals surface area contributed by atoms with E-state index in [9.17, 15) is 14.7 Å². The monoisotopic (exact) mass is 293 g/mol. The molecule has 7 nitrogen and oxygen atoms in total. The van der Waals surface area contributed by atoms with Crippen molar-refractivity contribution in [1.82, 2.24) is 4.90 Å². The summed E-state index contributed by atoms with van der Waals surface area (Å²) in [5.41, 5.74) is 5.92. The second kappa shape index (κ2) is 6.55. The fourth-order valence-electron chi connectivity index (χ4n) is 2.30. The van der Waals surface area contributed by atoms with E-state index in [2.05, 4.69) is 5.32 Å². The molecule has 1 fully saturated rings. The molecule has 0 unspecified atom stereocenters. The lowest BCUT2D eigenvalue weighted by atomic mass is 10.1. The van der Waals surface area contributed by atoms with E-state index in [4.69, 9.17) is 10.8 Å². The lowest BCUT2D eigenvalue weighted by Gasteiger charge is -2.29. The zero-order chi connectivity index (χ0) is 15.4. The summed E-state index contributed by atoms with van der Waals surface area (Å²) in [6.45, 7) is 1.81. The van der Waals surface area contributed by atoms with E-state index in [1.807, 2.05) is 4.90 Å². The van der Waals surface area contributed by atoms with Crippen molar-refractivity contribution in [3.8, 4) is 5.75 Å². The predicted octanol–water partition coefficient (Wildman–Crippen LogP) is 0.452. The molecule has 1 heterocycles. The molecule has 0 aliphatic carbocycles. The Kier molecular flexibility index (Phi) is 4.77. The molecule has 1 amide bonds. The van der Waals surface area contributed by atoms with Crippen LogP contribution in [0.15, 0.2) is 18.2 Å². The molecule has 114 valence electrons. The van der Waals surface area contributed by atoms with Crippen LogP contribution in [0, 0.1) is 0 Å². The Morgan fingerprint density at radius 3 is 2.62 bits per heavy atom. The molecule has 1 aliphatic heterocycles. The Labute approximate surface area is 122 Å². The summed E-state index contributed by atoms with van der Waals surface area (Å²) in [5, 5.41) is 21.0. The summed E-state index contributed by atoms with van der Waals surface area (Å²) in [5.74, 6) is -1.79. The SMILES string of the molecule is NC1CCN(CC(=O)Nc2ccc(O)c(C(=O)O)c2)CC1. The van der Waals surface area contributed by atoms with Crippen LogP contribution >= 0.6 is 0 Å². The number of carboxylic acids is 1. The number of hydrogen-bond acceptors (Lipinski definition) is 5. The second-order valence-corrected chi connectivity index (χ2v) is 5.20. The number of carbonyl (C=O) groups excluding carboxylic acids is 1. The Hall–Kier alpha value is -2.12. The highest BCUT2D eigenvalue weighted by Gasteiger charge is 2.18. The van der Waals surface area contributed by atoms with E-state index in [-0.39, 0.29) is 29.8 Å². The number of carbonyl (C=O) groups is 2. The van der Waals surface area contributed by atoms with Crippen molar-refractivity contribution in [2.24, 2.45) is 5.73 Å². The van der Waals surface area contributed by atoms with Crippen LogP contribution < -0.4 is 11.1 Å². The lowest BCUT2D eigenvalue weighted by Crippen LogP contribution is -2.43. The zero-order valence-corrected chi connectivity index (χ0v) is 11.6. The highest BCUT2D eigenvalue weighted by molar-refractivity contribution is 5.96. The first-order valence-electron chi connectivity index (χ1n) is 6.80. The van der Waals surface area contributed by atoms with Gasteiger partial charge in [0.25, 0.3) is 0 Å². The molecule has 0 bridgehead atoms. The molecule has 0 atom stereocenters. The van der Waals surface area contributed by atoms with Crippen LogP contribution in [0.25, 0.3) is 0 Å². The Morgan fingerprint density at radius 1 is 1.33 bits per heavy atom. The molecule has 0 aromatic heterocycles. The molecule has 2 rings (SSSR count). The number of nitrogens with one attached hydrogen (secondary N) is 1. The first kappa shape index (κ1) is 15.3. The quantitative estimate of drug-likeness (QED) is 0.599. The number of nitrogens with two attached hydrogens (primary N) is 1. The van der Waals surface area contributed by atoms with Gasteiger partial charge in [-0.2, -0.15) is 0 Å². The maximum atomic E-state index is 11.9. The van der Waals surface area contributed by atoms with Gasteiger partial charge in [-0.15, -0.1) is 0 Å². The maximum Gasteiger partial charge on any atom is 0.339 e. The molecule has 21 heavy (non-hydrogen) atoms. The van der Waals surface area contributed by atoms with Gasteiger partial charge < -0.3 is 21.3 Å². The van der Waals surface area contributed by atoms with Crippen molar-refractivity contribution in [2.45, 2.75) is 18.9 Å². The van der Waals surface area contributed by atoms with Gasteiger partial charge in [-0.1, -0.05) is 0 Å². The number of nitrogens with zero attached hydrogens (tertiary/aromatic N) is 1. The third-order valence-corrected chi connectivity index (χ3v) is 3.51. The van der Waals surface area contributed by atoms with E-state index in [0.29, 0.717) is 5.69 Å². The Morgan fingerprint density at radius 2 is 2.00 bits per heavy atom. The van der Waals surface area contributed by atoms with Gasteiger partial charge in [0.05, 0.1) is 6.54 Å². The number of anilines is 1. The Bertz CT molecular complexity index is 539. The molecular weight excluding hydrogens is 274 g/mol. The van der Waals surface area contributed by atoms with Crippen molar-refractivity contribution < 1.29 is 19.8 Å². The summed E-state index contributed by atoms with van der Waals surface area (Å²) in [6.07, 6.45) is 1.74. The molecule has 1 aromatic rings. The molecule has 5 N–H and O–H groups in total. The van der Waals surface area contributed by atoms with Crippen LogP contribution in [0.2, 0.25) is 0 Å². The van der Waals surface area contributed by atoms with Crippen molar-refractivity contribution in [2.75, 3.05) is 25.0 Å². The predicted molar refractivity (Wildman–Crippen MR) is 77.3 cm³/mol. The number of carboxylic acid groups (broad SMARTS) is 1. The first-order valence-corrected chi connectivity index (χ1v) is 6.80. The van der Waals surface area contributed by atoms with Crippen LogP contribution in [0.1, 0.15) is 23.2 Å². The van der Waals surface area contributed by atoms with Gasteiger partial charge in [0, 0.05) is 24.8 Å². The summed E-state index contributed by atoms with van der Waals surface area (Å²) in [4.78, 5) is 24.9. The van der Waals surface area contributed by atoms with Crippen LogP contribution in [-0.4, -0.2) is 52.7 Å². The van der Waals surface area contributed by atoms with Gasteiger partial charge in [0.1, 0.15) is 11.3 Å². The van der Waals surface area contributed by atoms with E-state index < -0.39 is 5.97 Å². The van der Waals surface area contributed by atoms with E-state index in [0.717, 1.165) is 25.9 Å². The van der Waals surface area contributed by atoms with Crippen LogP contribution in [-0.2, 0) is 4.79 Å². The minimum Gasteiger partial charge on any atom is -0.507 e. The number of aromatic hydroxyl groups is 1. The number of benzene rings is 1. The van der Waals surface area contributed by atoms with Crippen molar-refractivity contribution in [1.29, 1.82) is 0 Å². The number of amides is 1. The van der Waals surface area contributed by atoms with Gasteiger partial charge in [0.15, 0.2) is 0 Å². The van der Waals surface area contributed by atoms with Crippen LogP contribution in [0.4, 0.5) is 5.69 Å². The van der Waals surface area contributed by atoms with Crippen molar-refractivity contribution in [3.63, 3.8) is 0 Å². The molecule has 0 saturated carbocycles. The molecular formula is C14H19N3O4. The van der Waals surface area contributed by atoms with E-state index in [1.54, 1.807) is 0 Å². The summed E-state index contributed by atoms with van der Waals surface area (Å²) < 4.78 is 0. The average molecular weight is 293 g/mol. The fraction of sp³-hybridized carbons (Fsp3) is 0.429. The lowest BCUT2D eigenvalue weighted by molar-refractivity contribution is -0.117. The molecule has 1 aromatic carbocycles. The third kappa shape index (κ3) is 4.17. The normalized spacial score (nSPS) is 16.6. The molecule has 7 heteroatoms. The average Bonchev–Trinajstić information content (AvgIpc) is 2.43. The summed E-state index contributed by atoms with van der Waals surface area (Å²) >= 11 is 0. The van der Waals surface area contributed by atoms with Gasteiger partial charge in [-0.05, 0) is 31.0 Å². The number of piperidine rings is 1. The smallest absolute Gasteiger partial charge is 0.339 e. The highest BCUT2D eigenvalue weighted by atomic mass is 16.4. The minimum atomic E-state index is -1.24. The van der Waals surface area contributed by atoms with Gasteiger partial charge in [-0.25, -0.2) is 4.79 Å². The van der Waals surface area contributed by atoms with Crippen LogP contribution in [0.3, 0.4) is 0 Å². The summed E-state index contributed by atoms with van der Waals surface area (Å²) in [6, 6.07) is 4.16. The van der Waals surface area contributed by atoms with E-state index >= 15 is 0 Å². The highest BCUT2D eigenvalue weighted by Crippen LogP contribution is 2.21. The minimum absolute atomic E-state index is 0.208. The second-order valence-electron chi connectivity index (χ2n) is 5.20. The number of hydrogen-bond donors (Lipinski definition) is 4. The third-order valence-electron chi connectivity index (χ3n) is 3.51. The summed E-state index contributed by atoms with van der Waals surface area (Å²) in [7, 11) is 0. The van der Waals surface area contributed by atoms with Crippen LogP contribution in [0.5, 0.6) is 5.75 Å². The number of rotatable bonds is 4. The van der Waals surface area contributed by atoms with Crippen molar-refractivity contribution in [3.05, 3.63) is 23.8 Å². The van der Waals surface area contributed by atoms with Crippen molar-refractivity contribution >= 4 is 17.6 Å². The molecule has 0 radical (unpaired) electrons. The van der Waals surface area contributed by atoms with Gasteiger partial charge >= 0.3 is 5.97 Å². The van der Waals surface area contributed by atoms with Gasteiger partial charge in [0.2, 0.25) is 5.91 Å². The first-order chi connectivity index (χ1) is 9.95. The molecule has 0 spiro atoms. The fourth-order valence-corrected chi connectivity index (χ4v) is 2.30. The number of likely N-dealkylation sites (tertiary alicyclic amines) is 1. The standard InChI is InChI=1S/C14H19N3O4/c15-9-3-5-17(6-4-9)8-13(19)16-10-1-2-12(18)11(7-10)14(20)21/h1-2,7,9,18H,3-6,8,15H2,(H,16,19)(H,20,21).